The molecule has 1 aromatic rings. The summed E-state index contributed by atoms with van der Waals surface area (Å²) in [7, 11) is 0. The summed E-state index contributed by atoms with van der Waals surface area (Å²) in [5.74, 6) is 0.0610. The van der Waals surface area contributed by atoms with E-state index in [9.17, 15) is 9.90 Å². The number of hydrogen-bond acceptors (Lipinski definition) is 4. The van der Waals surface area contributed by atoms with Gasteiger partial charge in [0.05, 0.1) is 6.10 Å². The van der Waals surface area contributed by atoms with Gasteiger partial charge in [0.25, 0.3) is 0 Å². The first kappa shape index (κ1) is 19.9. The van der Waals surface area contributed by atoms with Gasteiger partial charge in [-0.25, -0.2) is 0 Å². The van der Waals surface area contributed by atoms with Crippen molar-refractivity contribution >= 4 is 11.6 Å². The Balaban J connectivity index is 1.61. The Morgan fingerprint density at radius 1 is 1.32 bits per heavy atom. The Morgan fingerprint density at radius 2 is 2.04 bits per heavy atom. The van der Waals surface area contributed by atoms with Gasteiger partial charge in [-0.3, -0.25) is 4.79 Å². The van der Waals surface area contributed by atoms with E-state index in [0.29, 0.717) is 6.42 Å². The van der Waals surface area contributed by atoms with E-state index in [1.165, 1.54) is 5.56 Å². The molecule has 0 spiro atoms. The van der Waals surface area contributed by atoms with Gasteiger partial charge >= 0.3 is 0 Å². The van der Waals surface area contributed by atoms with Crippen molar-refractivity contribution in [2.45, 2.75) is 58.1 Å². The molecule has 1 amide bonds. The number of nitrogens with zero attached hydrogens (tertiary/aromatic N) is 1. The molecule has 0 aliphatic carbocycles. The number of aryl methyl sites for hydroxylation is 1. The second-order valence-electron chi connectivity index (χ2n) is 7.04. The standard InChI is InChI=1S/C20H33N3O2/c1-3-17-7-4-5-8-19(17)22-20(25)15-16(2)21-11-6-12-23-13-9-18(24)10-14-23/h4-5,7-8,16,18,21,24H,3,6,9-15H2,1-2H3,(H,22,25). The van der Waals surface area contributed by atoms with Crippen molar-refractivity contribution in [3.63, 3.8) is 0 Å². The number of para-hydroxylation sites is 1. The normalized spacial score (nSPS) is 17.4. The molecule has 1 aliphatic heterocycles. The van der Waals surface area contributed by atoms with E-state index in [4.69, 9.17) is 0 Å². The van der Waals surface area contributed by atoms with Gasteiger partial charge in [0.15, 0.2) is 0 Å². The summed E-state index contributed by atoms with van der Waals surface area (Å²) in [6, 6.07) is 8.14. The number of carbonyl (C=O) groups excluding carboxylic acids is 1. The molecule has 140 valence electrons. The highest BCUT2D eigenvalue weighted by molar-refractivity contribution is 5.91. The molecule has 0 radical (unpaired) electrons. The van der Waals surface area contributed by atoms with Crippen molar-refractivity contribution in [1.29, 1.82) is 0 Å². The van der Waals surface area contributed by atoms with Crippen LogP contribution in [0.5, 0.6) is 0 Å². The van der Waals surface area contributed by atoms with Crippen LogP contribution in [-0.4, -0.2) is 54.2 Å². The Bertz CT molecular complexity index is 527. The minimum absolute atomic E-state index is 0.0610. The molecule has 1 heterocycles. The van der Waals surface area contributed by atoms with Crippen LogP contribution in [-0.2, 0) is 11.2 Å². The Morgan fingerprint density at radius 3 is 2.76 bits per heavy atom. The van der Waals surface area contributed by atoms with Crippen molar-refractivity contribution < 1.29 is 9.90 Å². The van der Waals surface area contributed by atoms with E-state index in [2.05, 4.69) is 35.4 Å². The van der Waals surface area contributed by atoms with Crippen LogP contribution < -0.4 is 10.6 Å². The topological polar surface area (TPSA) is 64.6 Å². The third-order valence-corrected chi connectivity index (χ3v) is 4.86. The molecule has 1 fully saturated rings. The average molecular weight is 348 g/mol. The Hall–Kier alpha value is -1.43. The van der Waals surface area contributed by atoms with Crippen molar-refractivity contribution in [3.8, 4) is 0 Å². The second kappa shape index (κ2) is 10.5. The monoisotopic (exact) mass is 347 g/mol. The fourth-order valence-corrected chi connectivity index (χ4v) is 3.30. The van der Waals surface area contributed by atoms with Gasteiger partial charge in [-0.15, -0.1) is 0 Å². The van der Waals surface area contributed by atoms with Crippen LogP contribution >= 0.6 is 0 Å². The van der Waals surface area contributed by atoms with E-state index in [0.717, 1.165) is 57.5 Å². The first-order chi connectivity index (χ1) is 12.1. The van der Waals surface area contributed by atoms with Crippen LogP contribution in [0.1, 0.15) is 45.1 Å². The van der Waals surface area contributed by atoms with E-state index in [1.807, 2.05) is 18.2 Å². The lowest BCUT2D eigenvalue weighted by atomic mass is 10.1. The molecule has 2 rings (SSSR count). The van der Waals surface area contributed by atoms with Gasteiger partial charge in [0, 0.05) is 31.2 Å². The number of carbonyl (C=O) groups is 1. The predicted octanol–water partition coefficient (Wildman–Crippen LogP) is 2.40. The number of hydrogen-bond donors (Lipinski definition) is 3. The van der Waals surface area contributed by atoms with E-state index < -0.39 is 0 Å². The summed E-state index contributed by atoms with van der Waals surface area (Å²) in [6.07, 6.45) is 4.14. The first-order valence-electron chi connectivity index (χ1n) is 9.60. The molecule has 1 aliphatic rings. The van der Waals surface area contributed by atoms with Crippen LogP contribution in [0, 0.1) is 0 Å². The van der Waals surface area contributed by atoms with Crippen molar-refractivity contribution in [1.82, 2.24) is 10.2 Å². The van der Waals surface area contributed by atoms with Crippen LogP contribution in [0.15, 0.2) is 24.3 Å². The number of nitrogens with one attached hydrogen (secondary N) is 2. The second-order valence-corrected chi connectivity index (χ2v) is 7.04. The zero-order chi connectivity index (χ0) is 18.1. The number of piperidine rings is 1. The summed E-state index contributed by atoms with van der Waals surface area (Å²) in [5, 5.41) is 16.0. The number of rotatable bonds is 9. The first-order valence-corrected chi connectivity index (χ1v) is 9.60. The number of aliphatic hydroxyl groups is 1. The van der Waals surface area contributed by atoms with Crippen LogP contribution in [0.4, 0.5) is 5.69 Å². The molecular weight excluding hydrogens is 314 g/mol. The number of benzene rings is 1. The molecule has 1 unspecified atom stereocenters. The lowest BCUT2D eigenvalue weighted by Gasteiger charge is -2.29. The molecule has 0 aromatic heterocycles. The Kier molecular flexibility index (Phi) is 8.38. The summed E-state index contributed by atoms with van der Waals surface area (Å²) < 4.78 is 0. The number of amides is 1. The number of aliphatic hydroxyl groups excluding tert-OH is 1. The summed E-state index contributed by atoms with van der Waals surface area (Å²) in [5.41, 5.74) is 2.09. The smallest absolute Gasteiger partial charge is 0.225 e. The van der Waals surface area contributed by atoms with Gasteiger partial charge in [-0.1, -0.05) is 25.1 Å². The van der Waals surface area contributed by atoms with Crippen molar-refractivity contribution in [3.05, 3.63) is 29.8 Å². The predicted molar refractivity (Wildman–Crippen MR) is 103 cm³/mol. The van der Waals surface area contributed by atoms with Crippen LogP contribution in [0.2, 0.25) is 0 Å². The number of anilines is 1. The highest BCUT2D eigenvalue weighted by Gasteiger charge is 2.16. The van der Waals surface area contributed by atoms with Crippen molar-refractivity contribution in [2.75, 3.05) is 31.5 Å². The molecule has 25 heavy (non-hydrogen) atoms. The third kappa shape index (κ3) is 7.14. The minimum atomic E-state index is -0.106. The van der Waals surface area contributed by atoms with Gasteiger partial charge in [0.1, 0.15) is 0 Å². The van der Waals surface area contributed by atoms with Gasteiger partial charge in [-0.05, 0) is 57.3 Å². The Labute approximate surface area is 151 Å². The zero-order valence-electron chi connectivity index (χ0n) is 15.6. The fraction of sp³-hybridized carbons (Fsp3) is 0.650. The largest absolute Gasteiger partial charge is 0.393 e. The van der Waals surface area contributed by atoms with E-state index >= 15 is 0 Å². The van der Waals surface area contributed by atoms with Crippen molar-refractivity contribution in [2.24, 2.45) is 0 Å². The lowest BCUT2D eigenvalue weighted by molar-refractivity contribution is -0.116. The molecule has 3 N–H and O–H groups in total. The molecule has 0 bridgehead atoms. The molecule has 1 saturated heterocycles. The quantitative estimate of drug-likeness (QED) is 0.600. The van der Waals surface area contributed by atoms with Crippen LogP contribution in [0.25, 0.3) is 0 Å². The lowest BCUT2D eigenvalue weighted by Crippen LogP contribution is -2.38. The number of likely N-dealkylation sites (tertiary alicyclic amines) is 1. The maximum atomic E-state index is 12.2. The SMILES string of the molecule is CCc1ccccc1NC(=O)CC(C)NCCCN1CCC(O)CC1. The molecule has 0 saturated carbocycles. The van der Waals surface area contributed by atoms with E-state index in [1.54, 1.807) is 0 Å². The highest BCUT2D eigenvalue weighted by atomic mass is 16.3. The molecule has 5 heteroatoms. The van der Waals surface area contributed by atoms with Gasteiger partial charge < -0.3 is 20.6 Å². The third-order valence-electron chi connectivity index (χ3n) is 4.86. The summed E-state index contributed by atoms with van der Waals surface area (Å²) >= 11 is 0. The average Bonchev–Trinajstić information content (AvgIpc) is 2.60. The van der Waals surface area contributed by atoms with E-state index in [-0.39, 0.29) is 18.1 Å². The summed E-state index contributed by atoms with van der Waals surface area (Å²) in [4.78, 5) is 14.6. The fourth-order valence-electron chi connectivity index (χ4n) is 3.30. The molecule has 5 nitrogen and oxygen atoms in total. The maximum Gasteiger partial charge on any atom is 0.225 e. The minimum Gasteiger partial charge on any atom is -0.393 e. The summed E-state index contributed by atoms with van der Waals surface area (Å²) in [6.45, 7) is 8.12. The molecule has 1 aromatic carbocycles. The van der Waals surface area contributed by atoms with Crippen LogP contribution in [0.3, 0.4) is 0 Å². The molecule has 1 atom stereocenters. The van der Waals surface area contributed by atoms with Gasteiger partial charge in [0.2, 0.25) is 5.91 Å². The molecular formula is C20H33N3O2. The van der Waals surface area contributed by atoms with Gasteiger partial charge in [-0.2, -0.15) is 0 Å². The maximum absolute atomic E-state index is 12.2. The highest BCUT2D eigenvalue weighted by Crippen LogP contribution is 2.15. The zero-order valence-corrected chi connectivity index (χ0v) is 15.6.